The van der Waals surface area contributed by atoms with E-state index in [1.54, 1.807) is 6.07 Å². The van der Waals surface area contributed by atoms with Gasteiger partial charge in [0.05, 0.1) is 6.20 Å². The predicted molar refractivity (Wildman–Crippen MR) is 93.2 cm³/mol. The quantitative estimate of drug-likeness (QED) is 0.428. The van der Waals surface area contributed by atoms with E-state index in [0.717, 1.165) is 18.2 Å². The van der Waals surface area contributed by atoms with Crippen LogP contribution in [0.25, 0.3) is 0 Å². The molecule has 8 nitrogen and oxygen atoms in total. The third kappa shape index (κ3) is 9.97. The fraction of sp³-hybridized carbons (Fsp3) is 0.294. The zero-order chi connectivity index (χ0) is 18.7. The number of carbonyl (C=O) groups is 1. The Morgan fingerprint density at radius 2 is 1.92 bits per heavy atom. The minimum atomic E-state index is -0.00218. The molecule has 1 aromatic carbocycles. The second-order valence-electron chi connectivity index (χ2n) is 5.32. The van der Waals surface area contributed by atoms with Crippen LogP contribution in [-0.4, -0.2) is 22.0 Å². The Bertz CT molecular complexity index is 665. The van der Waals surface area contributed by atoms with Gasteiger partial charge in [-0.25, -0.2) is 4.98 Å². The number of hydrogen-bond acceptors (Lipinski definition) is 7. The number of hydrogen-bond donors (Lipinski definition) is 2. The van der Waals surface area contributed by atoms with Crippen LogP contribution in [0.15, 0.2) is 47.9 Å². The summed E-state index contributed by atoms with van der Waals surface area (Å²) in [7, 11) is 0. The predicted octanol–water partition coefficient (Wildman–Crippen LogP) is 0.291. The van der Waals surface area contributed by atoms with Crippen molar-refractivity contribution in [1.82, 2.24) is 10.3 Å². The Labute approximate surface area is 173 Å². The molecule has 1 amide bonds. The summed E-state index contributed by atoms with van der Waals surface area (Å²) in [6, 6.07) is 11.1. The van der Waals surface area contributed by atoms with Crippen molar-refractivity contribution in [3.8, 4) is 17.4 Å². The molecule has 0 aliphatic rings. The molecule has 2 aromatic rings. The number of aromatic hydroxyl groups is 1. The molecule has 0 unspecified atom stereocenters. The molecule has 0 spiro atoms. The van der Waals surface area contributed by atoms with Crippen molar-refractivity contribution in [2.24, 2.45) is 5.34 Å². The molecule has 2 N–H and O–H groups in total. The third-order valence-corrected chi connectivity index (χ3v) is 3.18. The van der Waals surface area contributed by atoms with Crippen molar-refractivity contribution in [3.05, 3.63) is 58.3 Å². The average molecular weight is 369 g/mol. The molecule has 134 valence electrons. The fourth-order valence-electron chi connectivity index (χ4n) is 2.08. The van der Waals surface area contributed by atoms with Crippen molar-refractivity contribution < 1.29 is 44.2 Å². The fourth-order valence-corrected chi connectivity index (χ4v) is 2.08. The van der Waals surface area contributed by atoms with Crippen LogP contribution in [-0.2, 0) is 11.2 Å². The van der Waals surface area contributed by atoms with Crippen LogP contribution in [0.4, 0.5) is 0 Å². The first-order valence-corrected chi connectivity index (χ1v) is 7.58. The van der Waals surface area contributed by atoms with E-state index in [9.17, 15) is 9.90 Å². The number of nitrogens with zero attached hydrogens (tertiary/aromatic N) is 2. The molecule has 1 atom stereocenters. The average Bonchev–Trinajstić information content (AvgIpc) is 2.56. The number of amides is 1. The number of ether oxygens (including phenoxy) is 1. The summed E-state index contributed by atoms with van der Waals surface area (Å²) < 4.78 is 5.59. The number of carbonyl (C=O) groups excluding carboxylic acids is 1. The number of benzene rings is 1. The van der Waals surface area contributed by atoms with E-state index in [1.807, 2.05) is 31.2 Å². The van der Waals surface area contributed by atoms with Gasteiger partial charge in [-0.15, -0.1) is 5.34 Å². The van der Waals surface area contributed by atoms with Gasteiger partial charge in [0, 0.05) is 19.0 Å². The molecule has 9 heteroatoms. The maximum atomic E-state index is 11.0. The van der Waals surface area contributed by atoms with E-state index in [4.69, 9.17) is 14.9 Å². The molecule has 0 aliphatic carbocycles. The molecular weight excluding hydrogens is 349 g/mol. The monoisotopic (exact) mass is 369 g/mol. The first kappa shape index (κ1) is 23.8. The van der Waals surface area contributed by atoms with E-state index >= 15 is 0 Å². The van der Waals surface area contributed by atoms with E-state index in [-0.39, 0.29) is 47.3 Å². The maximum Gasteiger partial charge on any atom is 1.00 e. The molecule has 0 fully saturated rings. The second-order valence-corrected chi connectivity index (χ2v) is 5.32. The van der Waals surface area contributed by atoms with Crippen molar-refractivity contribution in [1.29, 1.82) is 0 Å². The minimum absolute atomic E-state index is 0. The topological polar surface area (TPSA) is 124 Å². The number of pyridine rings is 1. The third-order valence-electron chi connectivity index (χ3n) is 3.18. The van der Waals surface area contributed by atoms with Crippen molar-refractivity contribution in [3.63, 3.8) is 0 Å². The van der Waals surface area contributed by atoms with Gasteiger partial charge >= 0.3 is 29.6 Å². The van der Waals surface area contributed by atoms with Gasteiger partial charge in [-0.05, 0) is 43.5 Å². The van der Waals surface area contributed by atoms with Gasteiger partial charge in [0.2, 0.25) is 11.8 Å². The van der Waals surface area contributed by atoms with Crippen LogP contribution in [0.3, 0.4) is 0 Å². The van der Waals surface area contributed by atoms with E-state index in [1.165, 1.54) is 24.8 Å². The molecule has 0 saturated carbocycles. The van der Waals surface area contributed by atoms with Crippen LogP contribution in [0.1, 0.15) is 25.8 Å². The standard InChI is InChI=1S/C17H20N2O3.HNO2.Na/c1-12(19-13(2)20)3-4-14-5-8-16(9-6-14)22-17-10-7-15(21)11-18-17;2-1-3;/h5-12,21H,3-4H2,1-2H3,(H,19,20);(H,2,3);/q;;+1/p-1/t12-;;/m0../s1. The van der Waals surface area contributed by atoms with Crippen molar-refractivity contribution >= 4 is 5.91 Å². The van der Waals surface area contributed by atoms with Gasteiger partial charge in [0.1, 0.15) is 11.5 Å². The zero-order valence-electron chi connectivity index (χ0n) is 15.0. The van der Waals surface area contributed by atoms with Gasteiger partial charge in [-0.1, -0.05) is 12.1 Å². The van der Waals surface area contributed by atoms with Gasteiger partial charge in [-0.3, -0.25) is 4.79 Å². The summed E-state index contributed by atoms with van der Waals surface area (Å²) in [6.07, 6.45) is 3.12. The van der Waals surface area contributed by atoms with Crippen LogP contribution >= 0.6 is 0 Å². The Balaban J connectivity index is 0.00000146. The van der Waals surface area contributed by atoms with Gasteiger partial charge < -0.3 is 25.3 Å². The van der Waals surface area contributed by atoms with Gasteiger partial charge in [0.25, 0.3) is 0 Å². The van der Waals surface area contributed by atoms with Crippen LogP contribution < -0.4 is 39.6 Å². The SMILES string of the molecule is CC(=O)N[C@@H](C)CCc1ccc(Oc2ccc(O)cn2)cc1.O=N[O-].[Na+]. The van der Waals surface area contributed by atoms with E-state index in [2.05, 4.69) is 10.3 Å². The summed E-state index contributed by atoms with van der Waals surface area (Å²) in [6.45, 7) is 3.52. The molecule has 0 radical (unpaired) electrons. The molecule has 2 rings (SSSR count). The maximum absolute atomic E-state index is 11.0. The van der Waals surface area contributed by atoms with Gasteiger partial charge in [0.15, 0.2) is 0 Å². The van der Waals surface area contributed by atoms with Crippen molar-refractivity contribution in [2.75, 3.05) is 0 Å². The Hall–Kier alpha value is -2.16. The minimum Gasteiger partial charge on any atom is -0.506 e. The number of aryl methyl sites for hydroxylation is 1. The first-order valence-electron chi connectivity index (χ1n) is 7.58. The summed E-state index contributed by atoms with van der Waals surface area (Å²) >= 11 is 0. The second kappa shape index (κ2) is 13.1. The molecule has 1 aromatic heterocycles. The van der Waals surface area contributed by atoms with Crippen LogP contribution in [0.2, 0.25) is 0 Å². The Morgan fingerprint density at radius 3 is 2.42 bits per heavy atom. The number of aromatic nitrogens is 1. The number of nitrogens with one attached hydrogen (secondary N) is 1. The Morgan fingerprint density at radius 1 is 1.31 bits per heavy atom. The van der Waals surface area contributed by atoms with E-state index < -0.39 is 0 Å². The van der Waals surface area contributed by atoms with Crippen molar-refractivity contribution in [2.45, 2.75) is 32.7 Å². The van der Waals surface area contributed by atoms with Crippen LogP contribution in [0, 0.1) is 10.1 Å². The first-order chi connectivity index (χ1) is 11.9. The van der Waals surface area contributed by atoms with Gasteiger partial charge in [-0.2, -0.15) is 0 Å². The van der Waals surface area contributed by atoms with Crippen LogP contribution in [0.5, 0.6) is 17.4 Å². The molecule has 0 bridgehead atoms. The zero-order valence-corrected chi connectivity index (χ0v) is 17.0. The molecule has 0 aliphatic heterocycles. The molecule has 0 saturated heterocycles. The summed E-state index contributed by atoms with van der Waals surface area (Å²) in [4.78, 5) is 22.9. The molecule has 26 heavy (non-hydrogen) atoms. The van der Waals surface area contributed by atoms with E-state index in [0.29, 0.717) is 11.6 Å². The Kier molecular flexibility index (Phi) is 12.0. The molecule has 1 heterocycles. The summed E-state index contributed by atoms with van der Waals surface area (Å²) in [5.74, 6) is 1.23. The summed E-state index contributed by atoms with van der Waals surface area (Å²) in [5.41, 5.74) is 1.18. The largest absolute Gasteiger partial charge is 1.00 e. The summed E-state index contributed by atoms with van der Waals surface area (Å²) in [5, 5.41) is 21.0. The smallest absolute Gasteiger partial charge is 0.506 e. The number of rotatable bonds is 6. The normalized spacial score (nSPS) is 10.4. The molecular formula is C17H20N3NaO5.